The molecule has 0 radical (unpaired) electrons. The number of pyridine rings is 1. The van der Waals surface area contributed by atoms with Crippen LogP contribution in [0.1, 0.15) is 11.1 Å². The van der Waals surface area contributed by atoms with Gasteiger partial charge in [0.05, 0.1) is 16.6 Å². The minimum absolute atomic E-state index is 0.0893. The van der Waals surface area contributed by atoms with Gasteiger partial charge in [-0.3, -0.25) is 10.1 Å². The molecule has 0 amide bonds. The Morgan fingerprint density at radius 1 is 1.33 bits per heavy atom. The van der Waals surface area contributed by atoms with Crippen LogP contribution >= 0.6 is 0 Å². The van der Waals surface area contributed by atoms with Crippen LogP contribution < -0.4 is 5.32 Å². The van der Waals surface area contributed by atoms with Crippen LogP contribution in [0.3, 0.4) is 0 Å². The zero-order valence-electron chi connectivity index (χ0n) is 11.5. The van der Waals surface area contributed by atoms with E-state index in [0.717, 1.165) is 16.6 Å². The molecule has 2 aromatic heterocycles. The summed E-state index contributed by atoms with van der Waals surface area (Å²) in [6.45, 7) is 2.32. The van der Waals surface area contributed by atoms with Gasteiger partial charge in [-0.25, -0.2) is 4.52 Å². The fourth-order valence-electron chi connectivity index (χ4n) is 2.26. The van der Waals surface area contributed by atoms with E-state index in [1.54, 1.807) is 22.8 Å². The van der Waals surface area contributed by atoms with Crippen molar-refractivity contribution in [3.8, 4) is 0 Å². The Kier molecular flexibility index (Phi) is 3.27. The second-order valence-electron chi connectivity index (χ2n) is 4.83. The normalized spacial score (nSPS) is 10.7. The lowest BCUT2D eigenvalue weighted by Crippen LogP contribution is -2.02. The Bertz CT molecular complexity index is 810. The van der Waals surface area contributed by atoms with Crippen LogP contribution in [0, 0.1) is 17.0 Å². The van der Waals surface area contributed by atoms with Crippen LogP contribution in [0.15, 0.2) is 48.8 Å². The fourth-order valence-corrected chi connectivity index (χ4v) is 2.26. The largest absolute Gasteiger partial charge is 0.375 e. The zero-order chi connectivity index (χ0) is 14.8. The highest BCUT2D eigenvalue weighted by Gasteiger charge is 2.14. The highest BCUT2D eigenvalue weighted by Crippen LogP contribution is 2.26. The molecule has 0 saturated carbocycles. The zero-order valence-corrected chi connectivity index (χ0v) is 11.5. The molecule has 0 aliphatic rings. The van der Waals surface area contributed by atoms with Crippen LogP contribution in [-0.4, -0.2) is 14.5 Å². The van der Waals surface area contributed by atoms with Crippen LogP contribution in [0.4, 0.5) is 11.4 Å². The molecule has 3 aromatic rings. The standard InChI is InChI=1S/C15H14N4O2/c1-11-5-6-13(15(8-11)19(20)21)16-9-12-10-17-18-7-3-2-4-14(12)18/h2-8,10,16H,9H2,1H3. The third-order valence-corrected chi connectivity index (χ3v) is 3.33. The summed E-state index contributed by atoms with van der Waals surface area (Å²) in [6.07, 6.45) is 3.63. The van der Waals surface area contributed by atoms with E-state index in [1.165, 1.54) is 0 Å². The predicted molar refractivity (Wildman–Crippen MR) is 80.4 cm³/mol. The van der Waals surface area contributed by atoms with Gasteiger partial charge < -0.3 is 5.32 Å². The van der Waals surface area contributed by atoms with E-state index in [2.05, 4.69) is 10.4 Å². The maximum absolute atomic E-state index is 11.1. The minimum Gasteiger partial charge on any atom is -0.375 e. The van der Waals surface area contributed by atoms with E-state index in [1.807, 2.05) is 37.4 Å². The molecule has 3 rings (SSSR count). The number of nitrogens with one attached hydrogen (secondary N) is 1. The molecule has 0 fully saturated rings. The van der Waals surface area contributed by atoms with Crippen molar-refractivity contribution in [2.75, 3.05) is 5.32 Å². The maximum atomic E-state index is 11.1. The molecule has 6 heteroatoms. The summed E-state index contributed by atoms with van der Waals surface area (Å²) in [6, 6.07) is 11.0. The van der Waals surface area contributed by atoms with E-state index in [0.29, 0.717) is 12.2 Å². The molecule has 106 valence electrons. The molecule has 0 aliphatic heterocycles. The second-order valence-corrected chi connectivity index (χ2v) is 4.83. The van der Waals surface area contributed by atoms with Crippen molar-refractivity contribution in [2.45, 2.75) is 13.5 Å². The number of nitrogens with zero attached hydrogens (tertiary/aromatic N) is 3. The second kappa shape index (κ2) is 5.24. The van der Waals surface area contributed by atoms with Gasteiger partial charge in [0.2, 0.25) is 0 Å². The number of fused-ring (bicyclic) bond motifs is 1. The van der Waals surface area contributed by atoms with Crippen molar-refractivity contribution in [3.05, 3.63) is 70.0 Å². The van der Waals surface area contributed by atoms with Crippen LogP contribution in [0.2, 0.25) is 0 Å². The highest BCUT2D eigenvalue weighted by atomic mass is 16.6. The first-order chi connectivity index (χ1) is 10.1. The molecule has 6 nitrogen and oxygen atoms in total. The van der Waals surface area contributed by atoms with Crippen molar-refractivity contribution in [2.24, 2.45) is 0 Å². The van der Waals surface area contributed by atoms with Gasteiger partial charge in [-0.2, -0.15) is 5.10 Å². The maximum Gasteiger partial charge on any atom is 0.292 e. The van der Waals surface area contributed by atoms with Crippen LogP contribution in [0.5, 0.6) is 0 Å². The first kappa shape index (κ1) is 13.1. The first-order valence-electron chi connectivity index (χ1n) is 6.55. The highest BCUT2D eigenvalue weighted by molar-refractivity contribution is 5.63. The number of nitro benzene ring substituents is 1. The van der Waals surface area contributed by atoms with Gasteiger partial charge >= 0.3 is 0 Å². The van der Waals surface area contributed by atoms with Crippen LogP contribution in [0.25, 0.3) is 5.52 Å². The van der Waals surface area contributed by atoms with Gasteiger partial charge in [0.1, 0.15) is 5.69 Å². The van der Waals surface area contributed by atoms with E-state index >= 15 is 0 Å². The lowest BCUT2D eigenvalue weighted by Gasteiger charge is -2.07. The molecular weight excluding hydrogens is 268 g/mol. The summed E-state index contributed by atoms with van der Waals surface area (Å²) >= 11 is 0. The molecule has 2 heterocycles. The number of aromatic nitrogens is 2. The molecule has 1 N–H and O–H groups in total. The topological polar surface area (TPSA) is 72.5 Å². The number of anilines is 1. The molecule has 0 saturated heterocycles. The molecule has 0 spiro atoms. The van der Waals surface area contributed by atoms with Crippen molar-refractivity contribution in [3.63, 3.8) is 0 Å². The Labute approximate surface area is 121 Å². The van der Waals surface area contributed by atoms with Crippen molar-refractivity contribution < 1.29 is 4.92 Å². The summed E-state index contributed by atoms with van der Waals surface area (Å²) in [5.74, 6) is 0. The average molecular weight is 282 g/mol. The monoisotopic (exact) mass is 282 g/mol. The Morgan fingerprint density at radius 3 is 3.00 bits per heavy atom. The lowest BCUT2D eigenvalue weighted by molar-refractivity contribution is -0.384. The third kappa shape index (κ3) is 2.55. The summed E-state index contributed by atoms with van der Waals surface area (Å²) in [4.78, 5) is 10.7. The average Bonchev–Trinajstić information content (AvgIpc) is 2.89. The number of nitro groups is 1. The number of hydrogen-bond donors (Lipinski definition) is 1. The van der Waals surface area contributed by atoms with Gasteiger partial charge in [0.15, 0.2) is 0 Å². The molecule has 0 atom stereocenters. The summed E-state index contributed by atoms with van der Waals surface area (Å²) in [5, 5.41) is 18.5. The predicted octanol–water partition coefficient (Wildman–Crippen LogP) is 3.16. The molecule has 1 aromatic carbocycles. The van der Waals surface area contributed by atoms with E-state index in [9.17, 15) is 10.1 Å². The number of hydrogen-bond acceptors (Lipinski definition) is 4. The smallest absolute Gasteiger partial charge is 0.292 e. The van der Waals surface area contributed by atoms with Crippen molar-refractivity contribution in [1.82, 2.24) is 9.61 Å². The number of benzene rings is 1. The number of rotatable bonds is 4. The van der Waals surface area contributed by atoms with Gasteiger partial charge in [-0.05, 0) is 30.7 Å². The Balaban J connectivity index is 1.87. The summed E-state index contributed by atoms with van der Waals surface area (Å²) in [7, 11) is 0. The third-order valence-electron chi connectivity index (χ3n) is 3.33. The Hall–Kier alpha value is -2.89. The molecule has 0 unspecified atom stereocenters. The molecular formula is C15H14N4O2. The SMILES string of the molecule is Cc1ccc(NCc2cnn3ccccc23)c([N+](=O)[O-])c1. The van der Waals surface area contributed by atoms with Crippen molar-refractivity contribution >= 4 is 16.9 Å². The van der Waals surface area contributed by atoms with E-state index in [4.69, 9.17) is 0 Å². The van der Waals surface area contributed by atoms with Gasteiger partial charge in [0, 0.05) is 24.4 Å². The molecule has 0 bridgehead atoms. The van der Waals surface area contributed by atoms with Crippen molar-refractivity contribution in [1.29, 1.82) is 0 Å². The first-order valence-corrected chi connectivity index (χ1v) is 6.55. The fraction of sp³-hybridized carbons (Fsp3) is 0.133. The summed E-state index contributed by atoms with van der Waals surface area (Å²) in [5.41, 5.74) is 3.45. The van der Waals surface area contributed by atoms with Gasteiger partial charge in [-0.15, -0.1) is 0 Å². The van der Waals surface area contributed by atoms with Gasteiger partial charge in [-0.1, -0.05) is 12.1 Å². The van der Waals surface area contributed by atoms with Crippen LogP contribution in [-0.2, 0) is 6.54 Å². The van der Waals surface area contributed by atoms with E-state index in [-0.39, 0.29) is 10.6 Å². The van der Waals surface area contributed by atoms with Gasteiger partial charge in [0.25, 0.3) is 5.69 Å². The minimum atomic E-state index is -0.370. The lowest BCUT2D eigenvalue weighted by atomic mass is 10.2. The van der Waals surface area contributed by atoms with E-state index < -0.39 is 0 Å². The Morgan fingerprint density at radius 2 is 2.19 bits per heavy atom. The quantitative estimate of drug-likeness (QED) is 0.589. The number of aryl methyl sites for hydroxylation is 1. The molecule has 21 heavy (non-hydrogen) atoms. The summed E-state index contributed by atoms with van der Waals surface area (Å²) < 4.78 is 1.78. The molecule has 0 aliphatic carbocycles.